The van der Waals surface area contributed by atoms with E-state index in [9.17, 15) is 19.5 Å². The lowest BCUT2D eigenvalue weighted by Crippen LogP contribution is -2.49. The number of hydrogen-bond acceptors (Lipinski definition) is 3. The Hall–Kier alpha value is -2.63. The third-order valence-corrected chi connectivity index (χ3v) is 4.55. The number of amides is 1. The van der Waals surface area contributed by atoms with Gasteiger partial charge in [0.15, 0.2) is 0 Å². The predicted molar refractivity (Wildman–Crippen MR) is 85.4 cm³/mol. The van der Waals surface area contributed by atoms with Crippen molar-refractivity contribution < 1.29 is 14.7 Å². The van der Waals surface area contributed by atoms with Crippen LogP contribution in [-0.4, -0.2) is 39.5 Å². The second-order valence-electron chi connectivity index (χ2n) is 5.92. The molecule has 2 heterocycles. The molecule has 2 atom stereocenters. The van der Waals surface area contributed by atoms with Gasteiger partial charge in [0, 0.05) is 29.6 Å². The van der Waals surface area contributed by atoms with Gasteiger partial charge in [-0.2, -0.15) is 0 Å². The van der Waals surface area contributed by atoms with Crippen LogP contribution in [0.2, 0.25) is 0 Å². The number of aromatic amines is 1. The second-order valence-corrected chi connectivity index (χ2v) is 5.92. The predicted octanol–water partition coefficient (Wildman–Crippen LogP) is 1.85. The zero-order chi connectivity index (χ0) is 16.6. The minimum atomic E-state index is -0.884. The van der Waals surface area contributed by atoms with E-state index in [-0.39, 0.29) is 11.5 Å². The van der Waals surface area contributed by atoms with E-state index in [0.717, 1.165) is 0 Å². The molecule has 1 aromatic carbocycles. The molecule has 1 amide bonds. The van der Waals surface area contributed by atoms with Crippen LogP contribution in [-0.2, 0) is 4.79 Å². The molecule has 1 fully saturated rings. The molecule has 1 aliphatic rings. The highest BCUT2D eigenvalue weighted by atomic mass is 16.4. The van der Waals surface area contributed by atoms with Crippen LogP contribution in [0.4, 0.5) is 0 Å². The van der Waals surface area contributed by atoms with Gasteiger partial charge in [-0.15, -0.1) is 0 Å². The number of piperidine rings is 1. The maximum atomic E-state index is 12.9. The van der Waals surface area contributed by atoms with E-state index >= 15 is 0 Å². The maximum Gasteiger partial charge on any atom is 0.308 e. The average Bonchev–Trinajstić information content (AvgIpc) is 2.53. The van der Waals surface area contributed by atoms with E-state index in [4.69, 9.17) is 0 Å². The quantitative estimate of drug-likeness (QED) is 0.885. The van der Waals surface area contributed by atoms with Gasteiger partial charge in [0.2, 0.25) is 5.56 Å². The number of nitrogens with one attached hydrogen (secondary N) is 1. The van der Waals surface area contributed by atoms with E-state index in [1.54, 1.807) is 36.1 Å². The minimum Gasteiger partial charge on any atom is -0.481 e. The Morgan fingerprint density at radius 2 is 2.04 bits per heavy atom. The molecule has 6 heteroatoms. The van der Waals surface area contributed by atoms with Crippen molar-refractivity contribution in [3.05, 3.63) is 46.2 Å². The van der Waals surface area contributed by atoms with E-state index in [1.165, 1.54) is 6.07 Å². The van der Waals surface area contributed by atoms with Crippen molar-refractivity contribution in [3.63, 3.8) is 0 Å². The summed E-state index contributed by atoms with van der Waals surface area (Å²) in [6.45, 7) is 2.26. The number of pyridine rings is 1. The molecule has 0 spiro atoms. The fourth-order valence-corrected chi connectivity index (χ4v) is 3.30. The molecular weight excluding hydrogens is 296 g/mol. The highest BCUT2D eigenvalue weighted by Gasteiger charge is 2.36. The van der Waals surface area contributed by atoms with Gasteiger partial charge < -0.3 is 15.0 Å². The maximum absolute atomic E-state index is 12.9. The summed E-state index contributed by atoms with van der Waals surface area (Å²) < 4.78 is 0. The zero-order valence-electron chi connectivity index (χ0n) is 12.8. The summed E-state index contributed by atoms with van der Waals surface area (Å²) >= 11 is 0. The summed E-state index contributed by atoms with van der Waals surface area (Å²) in [7, 11) is 0. The van der Waals surface area contributed by atoms with E-state index in [0.29, 0.717) is 35.9 Å². The number of aromatic nitrogens is 1. The number of carbonyl (C=O) groups is 2. The fraction of sp³-hybridized carbons (Fsp3) is 0.353. The number of fused-ring (bicyclic) bond motifs is 1. The minimum absolute atomic E-state index is 0.286. The van der Waals surface area contributed by atoms with Gasteiger partial charge in [0.1, 0.15) is 0 Å². The van der Waals surface area contributed by atoms with Crippen molar-refractivity contribution in [2.75, 3.05) is 6.54 Å². The molecule has 2 aromatic rings. The molecule has 1 aliphatic heterocycles. The van der Waals surface area contributed by atoms with Crippen molar-refractivity contribution in [3.8, 4) is 0 Å². The summed E-state index contributed by atoms with van der Waals surface area (Å²) in [5.41, 5.74) is 0.580. The number of para-hydroxylation sites is 1. The standard InChI is InChI=1S/C17H18N2O4/c1-10-11(17(22)23)6-4-8-19(10)16(21)13-9-15(20)18-14-7-3-2-5-12(13)14/h2-3,5,7,9-11H,4,6,8H2,1H3,(H,18,20)(H,22,23)/t10-,11-/m1/s1. The van der Waals surface area contributed by atoms with E-state index in [1.807, 2.05) is 0 Å². The van der Waals surface area contributed by atoms with Crippen molar-refractivity contribution in [1.29, 1.82) is 0 Å². The smallest absolute Gasteiger partial charge is 0.308 e. The van der Waals surface area contributed by atoms with Crippen molar-refractivity contribution in [2.24, 2.45) is 5.92 Å². The molecule has 1 aromatic heterocycles. The lowest BCUT2D eigenvalue weighted by molar-refractivity contribution is -0.144. The molecule has 0 unspecified atom stereocenters. The monoisotopic (exact) mass is 314 g/mol. The molecule has 6 nitrogen and oxygen atoms in total. The largest absolute Gasteiger partial charge is 0.481 e. The van der Waals surface area contributed by atoms with Crippen LogP contribution in [0.5, 0.6) is 0 Å². The molecule has 0 radical (unpaired) electrons. The topological polar surface area (TPSA) is 90.5 Å². The lowest BCUT2D eigenvalue weighted by Gasteiger charge is -2.37. The van der Waals surface area contributed by atoms with Crippen LogP contribution >= 0.6 is 0 Å². The third-order valence-electron chi connectivity index (χ3n) is 4.55. The van der Waals surface area contributed by atoms with Crippen LogP contribution in [0.1, 0.15) is 30.1 Å². The summed E-state index contributed by atoms with van der Waals surface area (Å²) in [5.74, 6) is -1.74. The summed E-state index contributed by atoms with van der Waals surface area (Å²) in [5, 5.41) is 9.97. The van der Waals surface area contributed by atoms with Gasteiger partial charge in [-0.25, -0.2) is 0 Å². The Morgan fingerprint density at radius 1 is 1.30 bits per heavy atom. The first-order chi connectivity index (χ1) is 11.0. The molecule has 3 rings (SSSR count). The normalized spacial score (nSPS) is 21.3. The summed E-state index contributed by atoms with van der Waals surface area (Å²) in [6, 6.07) is 8.01. The number of carboxylic acid groups (broad SMARTS) is 1. The van der Waals surface area contributed by atoms with Crippen LogP contribution < -0.4 is 5.56 Å². The van der Waals surface area contributed by atoms with Crippen molar-refractivity contribution in [1.82, 2.24) is 9.88 Å². The van der Waals surface area contributed by atoms with Gasteiger partial charge in [0.05, 0.1) is 11.5 Å². The Morgan fingerprint density at radius 3 is 2.78 bits per heavy atom. The number of nitrogens with zero attached hydrogens (tertiary/aromatic N) is 1. The highest BCUT2D eigenvalue weighted by Crippen LogP contribution is 2.26. The van der Waals surface area contributed by atoms with Crippen LogP contribution in [0, 0.1) is 5.92 Å². The van der Waals surface area contributed by atoms with Crippen LogP contribution in [0.3, 0.4) is 0 Å². The van der Waals surface area contributed by atoms with Gasteiger partial charge in [-0.05, 0) is 25.8 Å². The first-order valence-electron chi connectivity index (χ1n) is 7.65. The van der Waals surface area contributed by atoms with Gasteiger partial charge in [-0.3, -0.25) is 14.4 Å². The van der Waals surface area contributed by atoms with Crippen LogP contribution in [0.25, 0.3) is 10.9 Å². The summed E-state index contributed by atoms with van der Waals surface area (Å²) in [6.07, 6.45) is 1.21. The number of H-pyrrole nitrogens is 1. The van der Waals surface area contributed by atoms with Gasteiger partial charge in [0.25, 0.3) is 5.91 Å². The highest BCUT2D eigenvalue weighted by molar-refractivity contribution is 6.06. The number of carboxylic acids is 1. The third kappa shape index (κ3) is 2.72. The Labute approximate surface area is 132 Å². The average molecular weight is 314 g/mol. The van der Waals surface area contributed by atoms with Crippen molar-refractivity contribution in [2.45, 2.75) is 25.8 Å². The first kappa shape index (κ1) is 15.3. The molecule has 0 bridgehead atoms. The molecule has 1 saturated heterocycles. The number of carbonyl (C=O) groups excluding carboxylic acids is 1. The van der Waals surface area contributed by atoms with E-state index in [2.05, 4.69) is 4.98 Å². The number of rotatable bonds is 2. The van der Waals surface area contributed by atoms with Gasteiger partial charge in [-0.1, -0.05) is 18.2 Å². The number of hydrogen-bond donors (Lipinski definition) is 2. The molecule has 2 N–H and O–H groups in total. The molecule has 120 valence electrons. The number of benzene rings is 1. The number of likely N-dealkylation sites (tertiary alicyclic amines) is 1. The Kier molecular flexibility index (Phi) is 3.90. The molecular formula is C17H18N2O4. The molecule has 0 aliphatic carbocycles. The fourth-order valence-electron chi connectivity index (χ4n) is 3.30. The Bertz CT molecular complexity index is 827. The van der Waals surface area contributed by atoms with E-state index < -0.39 is 17.9 Å². The molecule has 23 heavy (non-hydrogen) atoms. The number of aliphatic carboxylic acids is 1. The lowest BCUT2D eigenvalue weighted by atomic mass is 9.89. The second kappa shape index (κ2) is 5.87. The van der Waals surface area contributed by atoms with Gasteiger partial charge >= 0.3 is 5.97 Å². The van der Waals surface area contributed by atoms with Crippen LogP contribution in [0.15, 0.2) is 35.1 Å². The Balaban J connectivity index is 2.03. The zero-order valence-corrected chi connectivity index (χ0v) is 12.8. The van der Waals surface area contributed by atoms with Crippen molar-refractivity contribution >= 4 is 22.8 Å². The SMILES string of the molecule is C[C@@H]1[C@H](C(=O)O)CCCN1C(=O)c1cc(=O)[nH]c2ccccc12. The molecule has 0 saturated carbocycles. The first-order valence-corrected chi connectivity index (χ1v) is 7.65. The summed E-state index contributed by atoms with van der Waals surface area (Å²) in [4.78, 5) is 40.4.